The molecule has 20 heavy (non-hydrogen) atoms. The van der Waals surface area contributed by atoms with Crippen molar-refractivity contribution < 1.29 is 9.15 Å². The molecule has 5 heteroatoms. The van der Waals surface area contributed by atoms with Gasteiger partial charge in [0.1, 0.15) is 5.75 Å². The molecule has 0 spiro atoms. The molecule has 2 aromatic carbocycles. The van der Waals surface area contributed by atoms with Gasteiger partial charge < -0.3 is 9.15 Å². The second kappa shape index (κ2) is 4.70. The summed E-state index contributed by atoms with van der Waals surface area (Å²) >= 11 is 0. The normalized spacial score (nSPS) is 10.7. The van der Waals surface area contributed by atoms with Crippen LogP contribution in [0, 0.1) is 0 Å². The van der Waals surface area contributed by atoms with Gasteiger partial charge in [-0.3, -0.25) is 0 Å². The number of rotatable bonds is 2. The van der Waals surface area contributed by atoms with Crippen molar-refractivity contribution in [2.45, 2.75) is 0 Å². The first kappa shape index (κ1) is 12.2. The number of ether oxygens (including phenoxy) is 1. The predicted molar refractivity (Wildman–Crippen MR) is 74.6 cm³/mol. The topological polar surface area (TPSA) is 61.4 Å². The van der Waals surface area contributed by atoms with Crippen LogP contribution >= 0.6 is 0 Å². The summed E-state index contributed by atoms with van der Waals surface area (Å²) in [5.41, 5.74) is 0.491. The zero-order valence-corrected chi connectivity index (χ0v) is 10.7. The van der Waals surface area contributed by atoms with Gasteiger partial charge in [-0.15, -0.1) is 0 Å². The summed E-state index contributed by atoms with van der Waals surface area (Å²) in [6.07, 6.45) is 0. The fourth-order valence-electron chi connectivity index (χ4n) is 2.10. The number of benzene rings is 2. The summed E-state index contributed by atoms with van der Waals surface area (Å²) in [5.74, 6) is -0.0256. The highest BCUT2D eigenvalue weighted by molar-refractivity contribution is 5.78. The molecule has 0 aliphatic rings. The molecule has 0 saturated carbocycles. The Morgan fingerprint density at radius 3 is 2.40 bits per heavy atom. The average molecular weight is 269 g/mol. The van der Waals surface area contributed by atoms with Crippen molar-refractivity contribution in [2.75, 3.05) is 7.11 Å². The van der Waals surface area contributed by atoms with Crippen molar-refractivity contribution in [3.8, 4) is 11.4 Å². The van der Waals surface area contributed by atoms with Crippen molar-refractivity contribution in [1.29, 1.82) is 0 Å². The first-order valence-electron chi connectivity index (χ1n) is 6.00. The third-order valence-electron chi connectivity index (χ3n) is 3.06. The molecule has 3 aromatic rings. The maximum absolute atomic E-state index is 12.0. The lowest BCUT2D eigenvalue weighted by molar-refractivity contribution is 0.414. The van der Waals surface area contributed by atoms with E-state index in [-0.39, 0.29) is 0 Å². The largest absolute Gasteiger partial charge is 0.497 e. The quantitative estimate of drug-likeness (QED) is 0.713. The van der Waals surface area contributed by atoms with Gasteiger partial charge in [-0.2, -0.15) is 0 Å². The van der Waals surface area contributed by atoms with E-state index in [4.69, 9.17) is 9.15 Å². The minimum atomic E-state index is -0.709. The van der Waals surface area contributed by atoms with Crippen molar-refractivity contribution in [3.05, 3.63) is 69.5 Å². The summed E-state index contributed by atoms with van der Waals surface area (Å²) in [4.78, 5) is 23.7. The minimum absolute atomic E-state index is 0.364. The molecule has 0 N–H and O–H groups in total. The first-order chi connectivity index (χ1) is 9.70. The Morgan fingerprint density at radius 2 is 1.70 bits per heavy atom. The summed E-state index contributed by atoms with van der Waals surface area (Å²) in [6.45, 7) is 0. The van der Waals surface area contributed by atoms with Gasteiger partial charge in [0, 0.05) is 0 Å². The molecule has 0 fully saturated rings. The molecule has 0 atom stereocenters. The molecule has 0 unspecified atom stereocenters. The molecule has 0 aliphatic heterocycles. The number of aromatic nitrogens is 1. The van der Waals surface area contributed by atoms with Crippen LogP contribution in [0.15, 0.2) is 62.5 Å². The van der Waals surface area contributed by atoms with Crippen LogP contribution in [0.5, 0.6) is 5.75 Å². The van der Waals surface area contributed by atoms with Crippen LogP contribution in [0.2, 0.25) is 0 Å². The Hall–Kier alpha value is -2.82. The van der Waals surface area contributed by atoms with E-state index in [1.54, 1.807) is 55.6 Å². The van der Waals surface area contributed by atoms with Gasteiger partial charge in [-0.1, -0.05) is 12.1 Å². The van der Waals surface area contributed by atoms with Gasteiger partial charge in [0.05, 0.1) is 23.7 Å². The highest BCUT2D eigenvalue weighted by Gasteiger charge is 2.10. The van der Waals surface area contributed by atoms with E-state index in [2.05, 4.69) is 0 Å². The Morgan fingerprint density at radius 1 is 1.00 bits per heavy atom. The second-order valence-electron chi connectivity index (χ2n) is 4.21. The van der Waals surface area contributed by atoms with Gasteiger partial charge in [0.15, 0.2) is 0 Å². The number of methoxy groups -OCH3 is 1. The maximum Gasteiger partial charge on any atom is 0.426 e. The highest BCUT2D eigenvalue weighted by Crippen LogP contribution is 2.17. The Bertz CT molecular complexity index is 875. The maximum atomic E-state index is 12.0. The summed E-state index contributed by atoms with van der Waals surface area (Å²) in [6, 6.07) is 13.8. The van der Waals surface area contributed by atoms with E-state index in [0.717, 1.165) is 0 Å². The number of hydrogen-bond acceptors (Lipinski definition) is 4. The lowest BCUT2D eigenvalue weighted by atomic mass is 10.2. The predicted octanol–water partition coefficient (Wildman–Crippen LogP) is 1.95. The molecule has 100 valence electrons. The fraction of sp³-hybridized carbons (Fsp3) is 0.0667. The van der Waals surface area contributed by atoms with Crippen LogP contribution in [0.1, 0.15) is 0 Å². The van der Waals surface area contributed by atoms with Crippen LogP contribution in [-0.2, 0) is 0 Å². The number of hydrogen-bond donors (Lipinski definition) is 0. The molecule has 1 aromatic heterocycles. The van der Waals surface area contributed by atoms with Crippen LogP contribution < -0.4 is 16.1 Å². The van der Waals surface area contributed by atoms with E-state index < -0.39 is 11.4 Å². The molecule has 0 saturated heterocycles. The molecule has 0 radical (unpaired) electrons. The first-order valence-corrected chi connectivity index (χ1v) is 6.00. The summed E-state index contributed by atoms with van der Waals surface area (Å²) in [7, 11) is 1.57. The molecule has 0 aliphatic carbocycles. The Balaban J connectivity index is 2.35. The van der Waals surface area contributed by atoms with Gasteiger partial charge >= 0.3 is 11.4 Å². The van der Waals surface area contributed by atoms with Crippen molar-refractivity contribution in [3.63, 3.8) is 0 Å². The third-order valence-corrected chi connectivity index (χ3v) is 3.06. The summed E-state index contributed by atoms with van der Waals surface area (Å²) in [5, 5.41) is 0.364. The van der Waals surface area contributed by atoms with Gasteiger partial charge in [-0.05, 0) is 36.4 Å². The van der Waals surface area contributed by atoms with E-state index >= 15 is 0 Å². The Labute approximate surface area is 113 Å². The number of para-hydroxylation sites is 1. The molecular formula is C15H11NO4. The zero-order valence-electron chi connectivity index (χ0n) is 10.7. The van der Waals surface area contributed by atoms with Crippen LogP contribution in [0.3, 0.4) is 0 Å². The Kier molecular flexibility index (Phi) is 2.87. The average Bonchev–Trinajstić information content (AvgIpc) is 2.48. The molecule has 3 rings (SSSR count). The lowest BCUT2D eigenvalue weighted by Gasteiger charge is -2.08. The molecular weight excluding hydrogens is 258 g/mol. The molecule has 1 heterocycles. The SMILES string of the molecule is COc1ccc(-n2c(=O)oc(=O)c3ccccc32)cc1. The lowest BCUT2D eigenvalue weighted by Crippen LogP contribution is -2.23. The minimum Gasteiger partial charge on any atom is -0.497 e. The van der Waals surface area contributed by atoms with E-state index in [9.17, 15) is 9.59 Å². The standard InChI is InChI=1S/C15H11NO4/c1-19-11-8-6-10(7-9-11)16-13-5-3-2-4-12(13)14(17)20-15(16)18/h2-9H,1H3. The van der Waals surface area contributed by atoms with E-state index in [1.165, 1.54) is 4.57 Å². The van der Waals surface area contributed by atoms with Crippen molar-refractivity contribution >= 4 is 10.9 Å². The molecule has 0 bridgehead atoms. The van der Waals surface area contributed by atoms with Crippen LogP contribution in [0.25, 0.3) is 16.6 Å². The highest BCUT2D eigenvalue weighted by atomic mass is 16.5. The zero-order chi connectivity index (χ0) is 14.1. The monoisotopic (exact) mass is 269 g/mol. The third kappa shape index (κ3) is 1.89. The van der Waals surface area contributed by atoms with Gasteiger partial charge in [0.25, 0.3) is 0 Å². The fourth-order valence-corrected chi connectivity index (χ4v) is 2.10. The second-order valence-corrected chi connectivity index (χ2v) is 4.21. The van der Waals surface area contributed by atoms with Gasteiger partial charge in [-0.25, -0.2) is 14.2 Å². The van der Waals surface area contributed by atoms with Crippen molar-refractivity contribution in [2.24, 2.45) is 0 Å². The number of nitrogens with zero attached hydrogens (tertiary/aromatic N) is 1. The van der Waals surface area contributed by atoms with Crippen LogP contribution in [0.4, 0.5) is 0 Å². The van der Waals surface area contributed by atoms with E-state index in [1.807, 2.05) is 0 Å². The number of fused-ring (bicyclic) bond motifs is 1. The smallest absolute Gasteiger partial charge is 0.426 e. The van der Waals surface area contributed by atoms with Gasteiger partial charge in [0.2, 0.25) is 0 Å². The van der Waals surface area contributed by atoms with E-state index in [0.29, 0.717) is 22.3 Å². The molecule has 5 nitrogen and oxygen atoms in total. The molecule has 0 amide bonds. The van der Waals surface area contributed by atoms with Crippen molar-refractivity contribution in [1.82, 2.24) is 4.57 Å². The summed E-state index contributed by atoms with van der Waals surface area (Å²) < 4.78 is 11.2. The van der Waals surface area contributed by atoms with Crippen LogP contribution in [-0.4, -0.2) is 11.7 Å².